The summed E-state index contributed by atoms with van der Waals surface area (Å²) in [6.45, 7) is 4.53. The summed E-state index contributed by atoms with van der Waals surface area (Å²) >= 11 is 3.41. The fraction of sp³-hybridized carbons (Fsp3) is 0.263. The largest absolute Gasteiger partial charge is 0.351 e. The van der Waals surface area contributed by atoms with Gasteiger partial charge in [-0.3, -0.25) is 4.79 Å². The molecule has 3 rings (SSSR count). The Morgan fingerprint density at radius 2 is 1.92 bits per heavy atom. The van der Waals surface area contributed by atoms with Crippen LogP contribution in [0.4, 0.5) is 8.78 Å². The minimum absolute atomic E-state index is 0.253. The maximum Gasteiger partial charge on any atom is 0.295 e. The van der Waals surface area contributed by atoms with Gasteiger partial charge in [0.05, 0.1) is 11.0 Å². The summed E-state index contributed by atoms with van der Waals surface area (Å²) in [7, 11) is 0. The molecule has 0 fully saturated rings. The molecule has 0 aliphatic carbocycles. The van der Waals surface area contributed by atoms with Crippen LogP contribution in [0.2, 0.25) is 0 Å². The first-order valence-electron chi connectivity index (χ1n) is 8.08. The number of alkyl halides is 2. The van der Waals surface area contributed by atoms with Crippen LogP contribution in [0.25, 0.3) is 11.0 Å². The lowest BCUT2D eigenvalue weighted by Gasteiger charge is -2.25. The topological polar surface area (TPSA) is 57.8 Å². The van der Waals surface area contributed by atoms with Crippen molar-refractivity contribution in [2.75, 3.05) is 6.54 Å². The molecule has 7 heteroatoms. The molecule has 1 aromatic heterocycles. The fourth-order valence-electron chi connectivity index (χ4n) is 2.68. The average molecular weight is 422 g/mol. The number of benzene rings is 2. The second-order valence-electron chi connectivity index (χ2n) is 6.73. The van der Waals surface area contributed by atoms with E-state index < -0.39 is 12.2 Å². The highest BCUT2D eigenvalue weighted by molar-refractivity contribution is 9.10. The molecule has 3 aromatic rings. The van der Waals surface area contributed by atoms with E-state index in [1.54, 1.807) is 12.1 Å². The van der Waals surface area contributed by atoms with Crippen molar-refractivity contribution in [3.63, 3.8) is 0 Å². The number of nitrogens with zero attached hydrogens (tertiary/aromatic N) is 1. The van der Waals surface area contributed by atoms with E-state index in [0.29, 0.717) is 23.1 Å². The Morgan fingerprint density at radius 3 is 2.58 bits per heavy atom. The molecule has 0 radical (unpaired) electrons. The number of amides is 1. The van der Waals surface area contributed by atoms with E-state index in [2.05, 4.69) is 31.2 Å². The summed E-state index contributed by atoms with van der Waals surface area (Å²) in [4.78, 5) is 18.8. The number of hydrogen-bond donors (Lipinski definition) is 2. The van der Waals surface area contributed by atoms with Crippen LogP contribution in [0, 0.1) is 0 Å². The number of hydrogen-bond acceptors (Lipinski definition) is 2. The lowest BCUT2D eigenvalue weighted by molar-refractivity contribution is 0.0945. The van der Waals surface area contributed by atoms with Gasteiger partial charge in [0.1, 0.15) is 0 Å². The molecule has 0 aliphatic heterocycles. The molecule has 2 aromatic carbocycles. The van der Waals surface area contributed by atoms with Gasteiger partial charge in [0.15, 0.2) is 5.82 Å². The number of fused-ring (bicyclic) bond motifs is 1. The Labute approximate surface area is 158 Å². The number of halogens is 3. The highest BCUT2D eigenvalue weighted by atomic mass is 79.9. The highest BCUT2D eigenvalue weighted by Crippen LogP contribution is 2.24. The van der Waals surface area contributed by atoms with Crippen LogP contribution in [0.15, 0.2) is 46.9 Å². The molecule has 0 spiro atoms. The first kappa shape index (κ1) is 18.5. The average Bonchev–Trinajstić information content (AvgIpc) is 3.03. The molecule has 0 unspecified atom stereocenters. The SMILES string of the molecule is CC(C)(CNC(=O)c1ccc2nc(C(F)F)[nH]c2c1)c1ccc(Br)cc1. The molecule has 4 nitrogen and oxygen atoms in total. The van der Waals surface area contributed by atoms with Crippen molar-refractivity contribution in [3.05, 3.63) is 63.9 Å². The van der Waals surface area contributed by atoms with Gasteiger partial charge in [-0.25, -0.2) is 13.8 Å². The quantitative estimate of drug-likeness (QED) is 0.610. The summed E-state index contributed by atoms with van der Waals surface area (Å²) in [6, 6.07) is 12.6. The molecule has 1 amide bonds. The Bertz CT molecular complexity index is 936. The van der Waals surface area contributed by atoms with E-state index in [1.165, 1.54) is 6.07 Å². The minimum Gasteiger partial charge on any atom is -0.351 e. The predicted molar refractivity (Wildman–Crippen MR) is 101 cm³/mol. The Hall–Kier alpha value is -2.28. The maximum atomic E-state index is 12.7. The minimum atomic E-state index is -2.67. The Morgan fingerprint density at radius 1 is 1.23 bits per heavy atom. The van der Waals surface area contributed by atoms with Gasteiger partial charge in [0.2, 0.25) is 0 Å². The zero-order valence-electron chi connectivity index (χ0n) is 14.3. The van der Waals surface area contributed by atoms with Crippen molar-refractivity contribution in [2.45, 2.75) is 25.7 Å². The molecule has 0 saturated carbocycles. The van der Waals surface area contributed by atoms with E-state index in [1.807, 2.05) is 38.1 Å². The lowest BCUT2D eigenvalue weighted by Crippen LogP contribution is -2.36. The third-order valence-electron chi connectivity index (χ3n) is 4.29. The van der Waals surface area contributed by atoms with Gasteiger partial charge in [-0.1, -0.05) is 41.9 Å². The first-order chi connectivity index (χ1) is 12.3. The summed E-state index contributed by atoms with van der Waals surface area (Å²) < 4.78 is 26.5. The van der Waals surface area contributed by atoms with Gasteiger partial charge in [0, 0.05) is 22.0 Å². The van der Waals surface area contributed by atoms with Crippen LogP contribution in [0.5, 0.6) is 0 Å². The van der Waals surface area contributed by atoms with Gasteiger partial charge in [-0.2, -0.15) is 0 Å². The molecule has 0 aliphatic rings. The number of carbonyl (C=O) groups excluding carboxylic acids is 1. The van der Waals surface area contributed by atoms with Crippen molar-refractivity contribution in [3.8, 4) is 0 Å². The Kier molecular flexibility index (Phi) is 5.09. The summed E-state index contributed by atoms with van der Waals surface area (Å²) in [5, 5.41) is 2.91. The molecule has 136 valence electrons. The second kappa shape index (κ2) is 7.15. The zero-order chi connectivity index (χ0) is 18.9. The molecule has 0 bridgehead atoms. The normalized spacial score (nSPS) is 11.9. The standard InChI is InChI=1S/C19H18BrF2N3O/c1-19(2,12-4-6-13(20)7-5-12)10-23-18(26)11-3-8-14-15(9-11)25-17(24-14)16(21)22/h3-9,16H,10H2,1-2H3,(H,23,26)(H,24,25). The lowest BCUT2D eigenvalue weighted by atomic mass is 9.84. The second-order valence-corrected chi connectivity index (χ2v) is 7.64. The fourth-order valence-corrected chi connectivity index (χ4v) is 2.94. The van der Waals surface area contributed by atoms with Gasteiger partial charge in [0.25, 0.3) is 12.3 Å². The number of nitrogens with one attached hydrogen (secondary N) is 2. The summed E-state index contributed by atoms with van der Waals surface area (Å²) in [5.41, 5.74) is 2.07. The number of imidazole rings is 1. The molecule has 0 atom stereocenters. The van der Waals surface area contributed by atoms with Crippen molar-refractivity contribution in [2.24, 2.45) is 0 Å². The smallest absolute Gasteiger partial charge is 0.295 e. The highest BCUT2D eigenvalue weighted by Gasteiger charge is 2.22. The van der Waals surface area contributed by atoms with E-state index in [9.17, 15) is 13.6 Å². The van der Waals surface area contributed by atoms with Crippen molar-refractivity contribution < 1.29 is 13.6 Å². The number of carbonyl (C=O) groups is 1. The van der Waals surface area contributed by atoms with E-state index in [0.717, 1.165) is 10.0 Å². The third kappa shape index (κ3) is 3.93. The molecule has 0 saturated heterocycles. The van der Waals surface area contributed by atoms with Gasteiger partial charge < -0.3 is 10.3 Å². The monoisotopic (exact) mass is 421 g/mol. The maximum absolute atomic E-state index is 12.7. The van der Waals surface area contributed by atoms with Gasteiger partial charge >= 0.3 is 0 Å². The molecule has 2 N–H and O–H groups in total. The van der Waals surface area contributed by atoms with Crippen LogP contribution in [0.3, 0.4) is 0 Å². The first-order valence-corrected chi connectivity index (χ1v) is 8.87. The summed E-state index contributed by atoms with van der Waals surface area (Å²) in [5.74, 6) is -0.654. The summed E-state index contributed by atoms with van der Waals surface area (Å²) in [6.07, 6.45) is -2.67. The molecule has 26 heavy (non-hydrogen) atoms. The van der Waals surface area contributed by atoms with Crippen LogP contribution in [-0.2, 0) is 5.41 Å². The number of aromatic nitrogens is 2. The van der Waals surface area contributed by atoms with Crippen LogP contribution >= 0.6 is 15.9 Å². The predicted octanol–water partition coefficient (Wildman–Crippen LogP) is 4.97. The van der Waals surface area contributed by atoms with Gasteiger partial charge in [-0.15, -0.1) is 0 Å². The van der Waals surface area contributed by atoms with Crippen LogP contribution in [0.1, 0.15) is 42.0 Å². The number of rotatable bonds is 5. The zero-order valence-corrected chi connectivity index (χ0v) is 15.9. The Balaban J connectivity index is 1.73. The van der Waals surface area contributed by atoms with Crippen molar-refractivity contribution in [1.29, 1.82) is 0 Å². The van der Waals surface area contributed by atoms with E-state index in [-0.39, 0.29) is 11.3 Å². The number of aromatic amines is 1. The van der Waals surface area contributed by atoms with E-state index >= 15 is 0 Å². The molecule has 1 heterocycles. The molecular formula is C19H18BrF2N3O. The van der Waals surface area contributed by atoms with Gasteiger partial charge in [-0.05, 0) is 35.9 Å². The van der Waals surface area contributed by atoms with Crippen LogP contribution < -0.4 is 5.32 Å². The van der Waals surface area contributed by atoms with E-state index in [4.69, 9.17) is 0 Å². The van der Waals surface area contributed by atoms with Crippen LogP contribution in [-0.4, -0.2) is 22.4 Å². The number of H-pyrrole nitrogens is 1. The van der Waals surface area contributed by atoms with Crippen molar-refractivity contribution >= 4 is 32.9 Å². The molecular weight excluding hydrogens is 404 g/mol. The third-order valence-corrected chi connectivity index (χ3v) is 4.81. The van der Waals surface area contributed by atoms with Crippen molar-refractivity contribution in [1.82, 2.24) is 15.3 Å².